The summed E-state index contributed by atoms with van der Waals surface area (Å²) in [6.07, 6.45) is 1.81. The molecule has 44 heavy (non-hydrogen) atoms. The molecule has 10 heteroatoms. The maximum absolute atomic E-state index is 14.1. The quantitative estimate of drug-likeness (QED) is 0.236. The first kappa shape index (κ1) is 31.1. The van der Waals surface area contributed by atoms with Gasteiger partial charge in [-0.15, -0.1) is 0 Å². The molecule has 2 heterocycles. The van der Waals surface area contributed by atoms with Crippen molar-refractivity contribution in [2.45, 2.75) is 33.4 Å². The molecule has 0 bridgehead atoms. The van der Waals surface area contributed by atoms with Crippen molar-refractivity contribution in [3.8, 4) is 17.2 Å². The minimum Gasteiger partial charge on any atom is -0.496 e. The average Bonchev–Trinajstić information content (AvgIpc) is 3.34. The van der Waals surface area contributed by atoms with E-state index in [4.69, 9.17) is 30.8 Å². The molecule has 0 aliphatic carbocycles. The molecule has 228 valence electrons. The van der Waals surface area contributed by atoms with Crippen molar-refractivity contribution in [2.24, 2.45) is 4.99 Å². The Hall–Kier alpha value is -4.34. The Labute approximate surface area is 265 Å². The zero-order valence-corrected chi connectivity index (χ0v) is 26.9. The lowest BCUT2D eigenvalue weighted by molar-refractivity contribution is -0.127. The van der Waals surface area contributed by atoms with Gasteiger partial charge in [0.25, 0.3) is 11.5 Å². The van der Waals surface area contributed by atoms with Crippen molar-refractivity contribution >= 4 is 34.9 Å². The number of rotatable bonds is 10. The van der Waals surface area contributed by atoms with Crippen molar-refractivity contribution < 1.29 is 19.0 Å². The standard InChI is InChI=1S/C34H34ClN3O5S/c1-6-37(7-2)33(40)30-21(3)36-34-38(31(30)25-10-8-9-11-26(25)41-4)32(39)29(44-34)19-23-14-17-27(28(18-23)42-5)43-20-22-12-15-24(35)16-13-22/h8-19,31H,6-7,20H2,1-5H3/b29-19+/t31-/m1/s1. The number of ether oxygens (including phenoxy) is 3. The highest BCUT2D eigenvalue weighted by Crippen LogP contribution is 2.36. The van der Waals surface area contributed by atoms with Gasteiger partial charge in [-0.3, -0.25) is 14.2 Å². The van der Waals surface area contributed by atoms with Crippen molar-refractivity contribution in [3.05, 3.63) is 119 Å². The van der Waals surface area contributed by atoms with Crippen LogP contribution in [0.5, 0.6) is 17.2 Å². The van der Waals surface area contributed by atoms with Crippen LogP contribution in [0.1, 0.15) is 43.5 Å². The van der Waals surface area contributed by atoms with E-state index in [9.17, 15) is 9.59 Å². The van der Waals surface area contributed by atoms with Gasteiger partial charge in [-0.05, 0) is 68.3 Å². The van der Waals surface area contributed by atoms with Crippen LogP contribution in [0.25, 0.3) is 6.08 Å². The molecule has 0 saturated heterocycles. The van der Waals surface area contributed by atoms with Crippen LogP contribution in [-0.2, 0) is 11.4 Å². The van der Waals surface area contributed by atoms with Gasteiger partial charge < -0.3 is 19.1 Å². The summed E-state index contributed by atoms with van der Waals surface area (Å²) in [5, 5.41) is 0.664. The van der Waals surface area contributed by atoms with E-state index in [1.165, 1.54) is 11.3 Å². The monoisotopic (exact) mass is 631 g/mol. The SMILES string of the molecule is CCN(CC)C(=O)C1=C(C)N=c2s/c(=C/c3ccc(OCc4ccc(Cl)cc4)c(OC)c3)c(=O)n2[C@@H]1c1ccccc1OC. The number of benzene rings is 3. The fraction of sp³-hybridized carbons (Fsp3) is 0.265. The van der Waals surface area contributed by atoms with E-state index in [1.54, 1.807) is 29.8 Å². The Morgan fingerprint density at radius 2 is 1.70 bits per heavy atom. The molecular weight excluding hydrogens is 598 g/mol. The van der Waals surface area contributed by atoms with Crippen molar-refractivity contribution in [3.63, 3.8) is 0 Å². The average molecular weight is 632 g/mol. The number of carbonyl (C=O) groups is 1. The Kier molecular flexibility index (Phi) is 9.56. The van der Waals surface area contributed by atoms with E-state index in [0.29, 0.717) is 62.6 Å². The normalized spacial score (nSPS) is 14.6. The van der Waals surface area contributed by atoms with E-state index in [0.717, 1.165) is 16.7 Å². The third-order valence-electron chi connectivity index (χ3n) is 7.53. The molecule has 1 aromatic heterocycles. The maximum atomic E-state index is 14.1. The van der Waals surface area contributed by atoms with Crippen LogP contribution in [0.4, 0.5) is 0 Å². The third kappa shape index (κ3) is 6.16. The first-order chi connectivity index (χ1) is 21.3. The van der Waals surface area contributed by atoms with Gasteiger partial charge in [0, 0.05) is 23.7 Å². The van der Waals surface area contributed by atoms with Crippen LogP contribution < -0.4 is 29.1 Å². The number of aromatic nitrogens is 1. The number of likely N-dealkylation sites (N-methyl/N-ethyl adjacent to an activating group) is 1. The molecule has 8 nitrogen and oxygen atoms in total. The van der Waals surface area contributed by atoms with Crippen LogP contribution in [0.15, 0.2) is 87.8 Å². The fourth-order valence-electron chi connectivity index (χ4n) is 5.25. The van der Waals surface area contributed by atoms with E-state index in [1.807, 2.05) is 87.5 Å². The van der Waals surface area contributed by atoms with Gasteiger partial charge in [-0.1, -0.05) is 59.3 Å². The number of para-hydroxylation sites is 1. The molecule has 5 rings (SSSR count). The van der Waals surface area contributed by atoms with Crippen LogP contribution >= 0.6 is 22.9 Å². The summed E-state index contributed by atoms with van der Waals surface area (Å²) < 4.78 is 19.4. The van der Waals surface area contributed by atoms with Gasteiger partial charge in [0.15, 0.2) is 16.3 Å². The predicted octanol–water partition coefficient (Wildman–Crippen LogP) is 5.35. The number of hydrogen-bond acceptors (Lipinski definition) is 7. The summed E-state index contributed by atoms with van der Waals surface area (Å²) in [5.74, 6) is 1.55. The van der Waals surface area contributed by atoms with Gasteiger partial charge in [0.1, 0.15) is 18.4 Å². The molecule has 0 radical (unpaired) electrons. The Morgan fingerprint density at radius 1 is 1.00 bits per heavy atom. The first-order valence-corrected chi connectivity index (χ1v) is 15.5. The van der Waals surface area contributed by atoms with E-state index in [2.05, 4.69) is 0 Å². The van der Waals surface area contributed by atoms with Gasteiger partial charge in [0.2, 0.25) is 0 Å². The minimum atomic E-state index is -0.698. The molecule has 0 unspecified atom stereocenters. The van der Waals surface area contributed by atoms with Crippen LogP contribution in [0.3, 0.4) is 0 Å². The second-order valence-corrected chi connectivity index (χ2v) is 11.6. The third-order valence-corrected chi connectivity index (χ3v) is 8.76. The lowest BCUT2D eigenvalue weighted by Gasteiger charge is -2.29. The van der Waals surface area contributed by atoms with Gasteiger partial charge >= 0.3 is 0 Å². The smallest absolute Gasteiger partial charge is 0.271 e. The van der Waals surface area contributed by atoms with Crippen LogP contribution in [0.2, 0.25) is 5.02 Å². The lowest BCUT2D eigenvalue weighted by atomic mass is 9.94. The number of methoxy groups -OCH3 is 2. The van der Waals surface area contributed by atoms with Crippen molar-refractivity contribution in [2.75, 3.05) is 27.3 Å². The number of fused-ring (bicyclic) bond motifs is 1. The summed E-state index contributed by atoms with van der Waals surface area (Å²) in [4.78, 5) is 35.0. The highest BCUT2D eigenvalue weighted by atomic mass is 35.5. The van der Waals surface area contributed by atoms with E-state index in [-0.39, 0.29) is 11.5 Å². The number of hydrogen-bond donors (Lipinski definition) is 0. The highest BCUT2D eigenvalue weighted by molar-refractivity contribution is 7.07. The molecule has 1 amide bonds. The highest BCUT2D eigenvalue weighted by Gasteiger charge is 2.35. The molecule has 3 aromatic carbocycles. The summed E-state index contributed by atoms with van der Waals surface area (Å²) in [7, 11) is 3.16. The largest absolute Gasteiger partial charge is 0.496 e. The first-order valence-electron chi connectivity index (χ1n) is 14.3. The number of nitrogens with zero attached hydrogens (tertiary/aromatic N) is 3. The van der Waals surface area contributed by atoms with Crippen molar-refractivity contribution in [1.82, 2.24) is 9.47 Å². The lowest BCUT2D eigenvalue weighted by Crippen LogP contribution is -2.43. The molecule has 0 saturated carbocycles. The van der Waals surface area contributed by atoms with Crippen LogP contribution in [-0.4, -0.2) is 42.7 Å². The second-order valence-electron chi connectivity index (χ2n) is 10.1. The topological polar surface area (TPSA) is 82.4 Å². The van der Waals surface area contributed by atoms with Crippen LogP contribution in [0, 0.1) is 0 Å². The number of halogens is 1. The molecule has 4 aromatic rings. The fourth-order valence-corrected chi connectivity index (χ4v) is 6.42. The number of thiazole rings is 1. The molecule has 0 N–H and O–H groups in total. The molecule has 0 fully saturated rings. The second kappa shape index (κ2) is 13.5. The van der Waals surface area contributed by atoms with Gasteiger partial charge in [0.05, 0.1) is 30.0 Å². The molecule has 1 atom stereocenters. The van der Waals surface area contributed by atoms with Gasteiger partial charge in [-0.2, -0.15) is 0 Å². The molecular formula is C34H34ClN3O5S. The minimum absolute atomic E-state index is 0.152. The zero-order chi connectivity index (χ0) is 31.4. The number of amides is 1. The summed E-state index contributed by atoms with van der Waals surface area (Å²) >= 11 is 7.27. The summed E-state index contributed by atoms with van der Waals surface area (Å²) in [6.45, 7) is 7.12. The molecule has 1 aliphatic rings. The summed E-state index contributed by atoms with van der Waals surface area (Å²) in [5.41, 5.74) is 3.24. The molecule has 1 aliphatic heterocycles. The van der Waals surface area contributed by atoms with Gasteiger partial charge in [-0.25, -0.2) is 4.99 Å². The summed E-state index contributed by atoms with van der Waals surface area (Å²) in [6, 6.07) is 19.7. The number of carbonyl (C=O) groups excluding carboxylic acids is 1. The number of allylic oxidation sites excluding steroid dienone is 1. The zero-order valence-electron chi connectivity index (χ0n) is 25.3. The maximum Gasteiger partial charge on any atom is 0.271 e. The Morgan fingerprint density at radius 3 is 2.39 bits per heavy atom. The predicted molar refractivity (Wildman–Crippen MR) is 173 cm³/mol. The Bertz CT molecular complexity index is 1890. The van der Waals surface area contributed by atoms with E-state index >= 15 is 0 Å². The van der Waals surface area contributed by atoms with Crippen molar-refractivity contribution in [1.29, 1.82) is 0 Å². The molecule has 0 spiro atoms. The van der Waals surface area contributed by atoms with E-state index < -0.39 is 6.04 Å². The Balaban J connectivity index is 1.58.